The fourth-order valence-corrected chi connectivity index (χ4v) is 2.78. The molecule has 1 heterocycles. The number of ether oxygens (including phenoxy) is 1. The standard InChI is InChI=1S/C18H27NO2/c1-3-5-7-14(4-2)13-21-18(20)16-9-10-17-15(12-16)8-6-11-19-17/h9-10,12,14,19H,3-8,11,13H2,1-2H3. The lowest BCUT2D eigenvalue weighted by molar-refractivity contribution is 0.0428. The number of unbranched alkanes of at least 4 members (excludes halogenated alkanes) is 1. The minimum atomic E-state index is -0.182. The molecule has 116 valence electrons. The SMILES string of the molecule is CCCCC(CC)COC(=O)c1ccc2c(c1)CCCN2. The maximum atomic E-state index is 12.2. The van der Waals surface area contributed by atoms with Gasteiger partial charge >= 0.3 is 5.97 Å². The number of rotatable bonds is 7. The van der Waals surface area contributed by atoms with Crippen molar-refractivity contribution in [1.82, 2.24) is 0 Å². The van der Waals surface area contributed by atoms with Gasteiger partial charge in [-0.25, -0.2) is 4.79 Å². The van der Waals surface area contributed by atoms with E-state index in [2.05, 4.69) is 19.2 Å². The third-order valence-electron chi connectivity index (χ3n) is 4.27. The Morgan fingerprint density at radius 1 is 1.38 bits per heavy atom. The fourth-order valence-electron chi connectivity index (χ4n) is 2.78. The van der Waals surface area contributed by atoms with E-state index in [0.717, 1.165) is 37.9 Å². The number of fused-ring (bicyclic) bond motifs is 1. The summed E-state index contributed by atoms with van der Waals surface area (Å²) in [5.41, 5.74) is 3.07. The van der Waals surface area contributed by atoms with Crippen LogP contribution in [0, 0.1) is 5.92 Å². The number of hydrogen-bond donors (Lipinski definition) is 1. The summed E-state index contributed by atoms with van der Waals surface area (Å²) in [6.07, 6.45) is 6.79. The van der Waals surface area contributed by atoms with E-state index in [1.807, 2.05) is 18.2 Å². The molecule has 0 fully saturated rings. The van der Waals surface area contributed by atoms with Crippen LogP contribution in [0.4, 0.5) is 5.69 Å². The van der Waals surface area contributed by atoms with E-state index in [9.17, 15) is 4.79 Å². The molecular formula is C18H27NO2. The van der Waals surface area contributed by atoms with Crippen LogP contribution in [-0.4, -0.2) is 19.1 Å². The van der Waals surface area contributed by atoms with Crippen molar-refractivity contribution in [3.05, 3.63) is 29.3 Å². The van der Waals surface area contributed by atoms with Crippen LogP contribution in [0.5, 0.6) is 0 Å². The third-order valence-corrected chi connectivity index (χ3v) is 4.27. The molecule has 2 rings (SSSR count). The van der Waals surface area contributed by atoms with E-state index in [1.165, 1.54) is 18.4 Å². The van der Waals surface area contributed by atoms with Gasteiger partial charge in [0.15, 0.2) is 0 Å². The van der Waals surface area contributed by atoms with Crippen LogP contribution in [0.3, 0.4) is 0 Å². The Morgan fingerprint density at radius 3 is 3.00 bits per heavy atom. The topological polar surface area (TPSA) is 38.3 Å². The molecule has 1 aliphatic rings. The minimum absolute atomic E-state index is 0.182. The van der Waals surface area contributed by atoms with Crippen molar-refractivity contribution in [2.24, 2.45) is 5.92 Å². The Bertz CT molecular complexity index is 470. The van der Waals surface area contributed by atoms with Crippen LogP contribution in [0.2, 0.25) is 0 Å². The summed E-state index contributed by atoms with van der Waals surface area (Å²) in [7, 11) is 0. The average molecular weight is 289 g/mol. The molecular weight excluding hydrogens is 262 g/mol. The number of esters is 1. The highest BCUT2D eigenvalue weighted by molar-refractivity contribution is 5.90. The van der Waals surface area contributed by atoms with Gasteiger partial charge in [-0.3, -0.25) is 0 Å². The van der Waals surface area contributed by atoms with E-state index in [4.69, 9.17) is 4.74 Å². The van der Waals surface area contributed by atoms with Gasteiger partial charge in [-0.2, -0.15) is 0 Å². The molecule has 0 saturated carbocycles. The zero-order valence-corrected chi connectivity index (χ0v) is 13.3. The molecule has 0 radical (unpaired) electrons. The molecule has 3 heteroatoms. The molecule has 0 aromatic heterocycles. The number of anilines is 1. The molecule has 3 nitrogen and oxygen atoms in total. The predicted molar refractivity (Wildman–Crippen MR) is 86.8 cm³/mol. The minimum Gasteiger partial charge on any atom is -0.462 e. The molecule has 1 aliphatic heterocycles. The van der Waals surface area contributed by atoms with Gasteiger partial charge in [0.1, 0.15) is 0 Å². The number of nitrogens with one attached hydrogen (secondary N) is 1. The molecule has 1 aromatic carbocycles. The lowest BCUT2D eigenvalue weighted by atomic mass is 10.00. The van der Waals surface area contributed by atoms with Gasteiger partial charge in [0.2, 0.25) is 0 Å². The lowest BCUT2D eigenvalue weighted by Crippen LogP contribution is -2.16. The Balaban J connectivity index is 1.90. The molecule has 0 spiro atoms. The number of carbonyl (C=O) groups excluding carboxylic acids is 1. The van der Waals surface area contributed by atoms with Gasteiger partial charge in [-0.05, 0) is 48.9 Å². The first-order chi connectivity index (χ1) is 10.2. The second-order valence-corrected chi connectivity index (χ2v) is 5.92. The number of benzene rings is 1. The summed E-state index contributed by atoms with van der Waals surface area (Å²) < 4.78 is 5.51. The van der Waals surface area contributed by atoms with E-state index in [1.54, 1.807) is 0 Å². The third kappa shape index (κ3) is 4.48. The number of carbonyl (C=O) groups is 1. The zero-order chi connectivity index (χ0) is 15.1. The smallest absolute Gasteiger partial charge is 0.338 e. The molecule has 1 atom stereocenters. The first kappa shape index (κ1) is 15.9. The molecule has 21 heavy (non-hydrogen) atoms. The lowest BCUT2D eigenvalue weighted by Gasteiger charge is -2.19. The van der Waals surface area contributed by atoms with Crippen LogP contribution in [0.25, 0.3) is 0 Å². The van der Waals surface area contributed by atoms with Crippen molar-refractivity contribution >= 4 is 11.7 Å². The van der Waals surface area contributed by atoms with Crippen molar-refractivity contribution in [2.75, 3.05) is 18.5 Å². The van der Waals surface area contributed by atoms with E-state index >= 15 is 0 Å². The average Bonchev–Trinajstić information content (AvgIpc) is 2.54. The van der Waals surface area contributed by atoms with Gasteiger partial charge in [-0.15, -0.1) is 0 Å². The summed E-state index contributed by atoms with van der Waals surface area (Å²) in [5.74, 6) is 0.312. The van der Waals surface area contributed by atoms with Crippen molar-refractivity contribution in [1.29, 1.82) is 0 Å². The Morgan fingerprint density at radius 2 is 2.24 bits per heavy atom. The Hall–Kier alpha value is -1.51. The van der Waals surface area contributed by atoms with Crippen LogP contribution < -0.4 is 5.32 Å². The summed E-state index contributed by atoms with van der Waals surface area (Å²) in [6, 6.07) is 5.85. The van der Waals surface area contributed by atoms with Gasteiger partial charge in [0, 0.05) is 12.2 Å². The highest BCUT2D eigenvalue weighted by Gasteiger charge is 2.15. The van der Waals surface area contributed by atoms with Crippen molar-refractivity contribution in [2.45, 2.75) is 52.4 Å². The zero-order valence-electron chi connectivity index (χ0n) is 13.3. The van der Waals surface area contributed by atoms with Gasteiger partial charge in [-0.1, -0.05) is 33.1 Å². The Kier molecular flexibility index (Phi) is 6.09. The fraction of sp³-hybridized carbons (Fsp3) is 0.611. The van der Waals surface area contributed by atoms with Gasteiger partial charge in [0.05, 0.1) is 12.2 Å². The maximum Gasteiger partial charge on any atom is 0.338 e. The Labute approximate surface area is 128 Å². The quantitative estimate of drug-likeness (QED) is 0.755. The van der Waals surface area contributed by atoms with Crippen LogP contribution in [0.15, 0.2) is 18.2 Å². The molecule has 0 saturated heterocycles. The van der Waals surface area contributed by atoms with Crippen LogP contribution in [-0.2, 0) is 11.2 Å². The largest absolute Gasteiger partial charge is 0.462 e. The molecule has 0 aliphatic carbocycles. The monoisotopic (exact) mass is 289 g/mol. The van der Waals surface area contributed by atoms with E-state index in [-0.39, 0.29) is 5.97 Å². The van der Waals surface area contributed by atoms with E-state index < -0.39 is 0 Å². The first-order valence-electron chi connectivity index (χ1n) is 8.28. The molecule has 1 aromatic rings. The van der Waals surface area contributed by atoms with Crippen LogP contribution >= 0.6 is 0 Å². The summed E-state index contributed by atoms with van der Waals surface area (Å²) in [6.45, 7) is 5.93. The van der Waals surface area contributed by atoms with Gasteiger partial charge in [0.25, 0.3) is 0 Å². The predicted octanol–water partition coefficient (Wildman–Crippen LogP) is 4.42. The summed E-state index contributed by atoms with van der Waals surface area (Å²) in [5, 5.41) is 3.36. The highest BCUT2D eigenvalue weighted by atomic mass is 16.5. The maximum absolute atomic E-state index is 12.2. The number of aryl methyl sites for hydroxylation is 1. The summed E-state index contributed by atoms with van der Waals surface area (Å²) in [4.78, 5) is 12.2. The summed E-state index contributed by atoms with van der Waals surface area (Å²) >= 11 is 0. The second kappa shape index (κ2) is 8.06. The number of hydrogen-bond acceptors (Lipinski definition) is 3. The van der Waals surface area contributed by atoms with Crippen molar-refractivity contribution < 1.29 is 9.53 Å². The molecule has 1 unspecified atom stereocenters. The molecule has 0 amide bonds. The first-order valence-corrected chi connectivity index (χ1v) is 8.28. The van der Waals surface area contributed by atoms with Crippen molar-refractivity contribution in [3.8, 4) is 0 Å². The molecule has 0 bridgehead atoms. The van der Waals surface area contributed by atoms with Crippen molar-refractivity contribution in [3.63, 3.8) is 0 Å². The molecule has 1 N–H and O–H groups in total. The second-order valence-electron chi connectivity index (χ2n) is 5.92. The normalized spacial score (nSPS) is 15.0. The van der Waals surface area contributed by atoms with Gasteiger partial charge < -0.3 is 10.1 Å². The van der Waals surface area contributed by atoms with E-state index in [0.29, 0.717) is 18.1 Å². The highest BCUT2D eigenvalue weighted by Crippen LogP contribution is 2.23. The van der Waals surface area contributed by atoms with Crippen LogP contribution in [0.1, 0.15) is 61.9 Å².